The molecule has 0 aliphatic heterocycles. The number of nitrogens with one attached hydrogen (secondary N) is 1. The SMILES string of the molecule is CC(=N[C@H](Cc1c[nH]c2ccccc12)C(=O)[O-])C1C(=O)CCC1=O. The predicted molar refractivity (Wildman–Crippen MR) is 86.6 cm³/mol. The van der Waals surface area contributed by atoms with Crippen LogP contribution in [0.4, 0.5) is 0 Å². The van der Waals surface area contributed by atoms with Crippen molar-refractivity contribution in [1.29, 1.82) is 0 Å². The van der Waals surface area contributed by atoms with E-state index in [0.29, 0.717) is 0 Å². The molecule has 1 atom stereocenters. The maximum absolute atomic E-state index is 11.8. The molecule has 1 heterocycles. The molecule has 0 spiro atoms. The first-order valence-electron chi connectivity index (χ1n) is 7.83. The summed E-state index contributed by atoms with van der Waals surface area (Å²) in [5.74, 6) is -2.59. The molecule has 1 aliphatic rings. The van der Waals surface area contributed by atoms with Crippen LogP contribution in [0.1, 0.15) is 25.3 Å². The smallest absolute Gasteiger partial charge is 0.149 e. The summed E-state index contributed by atoms with van der Waals surface area (Å²) in [7, 11) is 0. The van der Waals surface area contributed by atoms with Crippen molar-refractivity contribution in [1.82, 2.24) is 4.98 Å². The number of carbonyl (C=O) groups is 3. The van der Waals surface area contributed by atoms with E-state index in [9.17, 15) is 19.5 Å². The Morgan fingerprint density at radius 3 is 2.62 bits per heavy atom. The number of aromatic amines is 1. The number of para-hydroxylation sites is 1. The molecule has 1 N–H and O–H groups in total. The molecular formula is C18H17N2O4-. The van der Waals surface area contributed by atoms with Crippen molar-refractivity contribution in [2.24, 2.45) is 10.9 Å². The summed E-state index contributed by atoms with van der Waals surface area (Å²) in [4.78, 5) is 42.3. The Balaban J connectivity index is 1.87. The fourth-order valence-electron chi connectivity index (χ4n) is 3.19. The third kappa shape index (κ3) is 2.99. The van der Waals surface area contributed by atoms with E-state index in [4.69, 9.17) is 0 Å². The fraction of sp³-hybridized carbons (Fsp3) is 0.333. The van der Waals surface area contributed by atoms with Crippen molar-refractivity contribution in [2.45, 2.75) is 32.2 Å². The van der Waals surface area contributed by atoms with E-state index < -0.39 is 17.9 Å². The molecular weight excluding hydrogens is 308 g/mol. The molecule has 1 aromatic carbocycles. The zero-order chi connectivity index (χ0) is 17.3. The van der Waals surface area contributed by atoms with Crippen LogP contribution in [-0.4, -0.2) is 34.3 Å². The number of aromatic nitrogens is 1. The van der Waals surface area contributed by atoms with Gasteiger partial charge in [0.15, 0.2) is 0 Å². The largest absolute Gasteiger partial charge is 0.548 e. The Bertz CT molecular complexity index is 834. The molecule has 24 heavy (non-hydrogen) atoms. The Morgan fingerprint density at radius 1 is 1.29 bits per heavy atom. The van der Waals surface area contributed by atoms with Gasteiger partial charge in [0, 0.05) is 42.1 Å². The Labute approximate surface area is 138 Å². The van der Waals surface area contributed by atoms with E-state index in [1.54, 1.807) is 6.20 Å². The highest BCUT2D eigenvalue weighted by Crippen LogP contribution is 2.22. The van der Waals surface area contributed by atoms with Gasteiger partial charge in [-0.1, -0.05) is 18.2 Å². The number of carboxylic acid groups (broad SMARTS) is 1. The summed E-state index contributed by atoms with van der Waals surface area (Å²) in [6, 6.07) is 6.42. The van der Waals surface area contributed by atoms with Gasteiger partial charge >= 0.3 is 0 Å². The van der Waals surface area contributed by atoms with Gasteiger partial charge in [0.05, 0.1) is 12.0 Å². The zero-order valence-electron chi connectivity index (χ0n) is 13.2. The summed E-state index contributed by atoms with van der Waals surface area (Å²) in [6.07, 6.45) is 2.29. The average molecular weight is 325 g/mol. The van der Waals surface area contributed by atoms with E-state index in [-0.39, 0.29) is 36.5 Å². The highest BCUT2D eigenvalue weighted by atomic mass is 16.4. The second kappa shape index (κ2) is 6.39. The number of hydrogen-bond donors (Lipinski definition) is 1. The number of hydrogen-bond acceptors (Lipinski definition) is 5. The second-order valence-electron chi connectivity index (χ2n) is 6.03. The fourth-order valence-corrected chi connectivity index (χ4v) is 3.19. The number of benzene rings is 1. The molecule has 124 valence electrons. The normalized spacial score (nSPS) is 17.6. The quantitative estimate of drug-likeness (QED) is 0.650. The molecule has 3 rings (SSSR count). The Kier molecular flexibility index (Phi) is 4.29. The molecule has 1 saturated carbocycles. The van der Waals surface area contributed by atoms with E-state index >= 15 is 0 Å². The van der Waals surface area contributed by atoms with Crippen LogP contribution in [0.2, 0.25) is 0 Å². The van der Waals surface area contributed by atoms with Gasteiger partial charge in [-0.05, 0) is 18.6 Å². The van der Waals surface area contributed by atoms with Crippen LogP contribution in [0.3, 0.4) is 0 Å². The third-order valence-corrected chi connectivity index (χ3v) is 4.40. The van der Waals surface area contributed by atoms with Crippen LogP contribution in [0, 0.1) is 5.92 Å². The van der Waals surface area contributed by atoms with Crippen molar-refractivity contribution in [3.63, 3.8) is 0 Å². The lowest BCUT2D eigenvalue weighted by molar-refractivity contribution is -0.307. The number of ketones is 2. The van der Waals surface area contributed by atoms with E-state index in [1.165, 1.54) is 6.92 Å². The van der Waals surface area contributed by atoms with Crippen LogP contribution in [-0.2, 0) is 20.8 Å². The van der Waals surface area contributed by atoms with E-state index in [2.05, 4.69) is 9.98 Å². The molecule has 1 fully saturated rings. The number of nitrogens with zero attached hydrogens (tertiary/aromatic N) is 1. The van der Waals surface area contributed by atoms with Crippen LogP contribution in [0.5, 0.6) is 0 Å². The lowest BCUT2D eigenvalue weighted by atomic mass is 9.99. The predicted octanol–water partition coefficient (Wildman–Crippen LogP) is 0.838. The molecule has 0 bridgehead atoms. The Hall–Kier alpha value is -2.76. The highest BCUT2D eigenvalue weighted by molar-refractivity contribution is 6.24. The first kappa shape index (κ1) is 16.1. The second-order valence-corrected chi connectivity index (χ2v) is 6.03. The molecule has 6 heteroatoms. The lowest BCUT2D eigenvalue weighted by Crippen LogP contribution is -2.37. The van der Waals surface area contributed by atoms with Crippen molar-refractivity contribution in [3.8, 4) is 0 Å². The minimum absolute atomic E-state index is 0.138. The highest BCUT2D eigenvalue weighted by Gasteiger charge is 2.35. The van der Waals surface area contributed by atoms with Crippen molar-refractivity contribution >= 4 is 34.2 Å². The monoisotopic (exact) mass is 325 g/mol. The number of H-pyrrole nitrogens is 1. The number of aliphatic imine (C=N–C) groups is 1. The van der Waals surface area contributed by atoms with E-state index in [1.807, 2.05) is 24.3 Å². The summed E-state index contributed by atoms with van der Waals surface area (Å²) in [5.41, 5.74) is 1.98. The van der Waals surface area contributed by atoms with Crippen LogP contribution < -0.4 is 5.11 Å². The standard InChI is InChI=1S/C18H18N2O4/c1-10(17-15(21)6-7-16(17)22)20-14(18(23)24)8-11-9-19-13-5-3-2-4-12(11)13/h2-5,9,14,17,19H,6-8H2,1H3,(H,23,24)/p-1/t14-/m1/s1. The molecule has 0 saturated heterocycles. The number of aliphatic carboxylic acids is 1. The van der Waals surface area contributed by atoms with Crippen molar-refractivity contribution in [3.05, 3.63) is 36.0 Å². The van der Waals surface area contributed by atoms with Gasteiger partial charge in [0.1, 0.15) is 17.5 Å². The van der Waals surface area contributed by atoms with Gasteiger partial charge in [-0.15, -0.1) is 0 Å². The van der Waals surface area contributed by atoms with Crippen LogP contribution in [0.15, 0.2) is 35.5 Å². The number of fused-ring (bicyclic) bond motifs is 1. The van der Waals surface area contributed by atoms with Gasteiger partial charge < -0.3 is 14.9 Å². The molecule has 1 aromatic heterocycles. The number of carboxylic acids is 1. The van der Waals surface area contributed by atoms with E-state index in [0.717, 1.165) is 16.5 Å². The molecule has 2 aromatic rings. The molecule has 6 nitrogen and oxygen atoms in total. The van der Waals surface area contributed by atoms with Gasteiger partial charge in [0.25, 0.3) is 0 Å². The van der Waals surface area contributed by atoms with Crippen LogP contribution in [0.25, 0.3) is 10.9 Å². The zero-order valence-corrected chi connectivity index (χ0v) is 13.2. The maximum atomic E-state index is 11.8. The number of rotatable bonds is 5. The molecule has 1 aliphatic carbocycles. The number of carbonyl (C=O) groups excluding carboxylic acids is 3. The number of Topliss-reactive ketones (excluding diaryl/α,β-unsaturated/α-hetero) is 2. The minimum atomic E-state index is -1.32. The molecule has 0 unspecified atom stereocenters. The minimum Gasteiger partial charge on any atom is -0.548 e. The average Bonchev–Trinajstić information content (AvgIpc) is 3.10. The maximum Gasteiger partial charge on any atom is 0.149 e. The molecule has 0 amide bonds. The topological polar surface area (TPSA) is 102 Å². The Morgan fingerprint density at radius 2 is 1.96 bits per heavy atom. The first-order valence-corrected chi connectivity index (χ1v) is 7.83. The van der Waals surface area contributed by atoms with Gasteiger partial charge in [-0.25, -0.2) is 0 Å². The van der Waals surface area contributed by atoms with Gasteiger partial charge in [-0.2, -0.15) is 0 Å². The summed E-state index contributed by atoms with van der Waals surface area (Å²) in [5, 5.41) is 12.4. The summed E-state index contributed by atoms with van der Waals surface area (Å²) >= 11 is 0. The van der Waals surface area contributed by atoms with Gasteiger partial charge in [0.2, 0.25) is 0 Å². The van der Waals surface area contributed by atoms with Crippen molar-refractivity contribution < 1.29 is 19.5 Å². The lowest BCUT2D eigenvalue weighted by Gasteiger charge is -2.16. The molecule has 0 radical (unpaired) electrons. The van der Waals surface area contributed by atoms with Crippen LogP contribution >= 0.6 is 0 Å². The van der Waals surface area contributed by atoms with Crippen molar-refractivity contribution in [2.75, 3.05) is 0 Å². The van der Waals surface area contributed by atoms with Gasteiger partial charge in [-0.3, -0.25) is 14.6 Å². The summed E-state index contributed by atoms with van der Waals surface area (Å²) < 4.78 is 0. The summed E-state index contributed by atoms with van der Waals surface area (Å²) in [6.45, 7) is 1.54. The first-order chi connectivity index (χ1) is 11.5. The third-order valence-electron chi connectivity index (χ3n) is 4.40.